The van der Waals surface area contributed by atoms with E-state index in [1.54, 1.807) is 25.1 Å². The third-order valence-corrected chi connectivity index (χ3v) is 6.33. The molecule has 0 aliphatic rings. The normalized spacial score (nSPS) is 11.0. The fourth-order valence-corrected chi connectivity index (χ4v) is 4.36. The summed E-state index contributed by atoms with van der Waals surface area (Å²) >= 11 is 11.6. The summed E-state index contributed by atoms with van der Waals surface area (Å²) in [5.41, 5.74) is 0.775. The number of rotatable bonds is 6. The highest BCUT2D eigenvalue weighted by atomic mass is 35.5. The molecular formula is C20H16Cl2N4O5S. The van der Waals surface area contributed by atoms with Gasteiger partial charge in [-0.2, -0.15) is 0 Å². The number of nitro groups is 1. The number of urea groups is 1. The van der Waals surface area contributed by atoms with Gasteiger partial charge in [-0.1, -0.05) is 29.3 Å². The number of sulfonamides is 1. The van der Waals surface area contributed by atoms with Gasteiger partial charge in [0.05, 0.1) is 9.82 Å². The molecule has 3 aromatic carbocycles. The molecule has 0 radical (unpaired) electrons. The zero-order valence-electron chi connectivity index (χ0n) is 16.4. The van der Waals surface area contributed by atoms with Gasteiger partial charge in [0.25, 0.3) is 15.7 Å². The van der Waals surface area contributed by atoms with Gasteiger partial charge in [0.1, 0.15) is 5.02 Å². The van der Waals surface area contributed by atoms with Crippen LogP contribution >= 0.6 is 23.2 Å². The van der Waals surface area contributed by atoms with Crippen molar-refractivity contribution < 1.29 is 18.1 Å². The van der Waals surface area contributed by atoms with E-state index in [1.165, 1.54) is 36.4 Å². The van der Waals surface area contributed by atoms with E-state index in [0.29, 0.717) is 16.3 Å². The number of nitrogens with zero attached hydrogens (tertiary/aromatic N) is 1. The first-order chi connectivity index (χ1) is 15.0. The molecule has 0 bridgehead atoms. The van der Waals surface area contributed by atoms with Gasteiger partial charge in [0.2, 0.25) is 0 Å². The van der Waals surface area contributed by atoms with E-state index in [4.69, 9.17) is 23.2 Å². The average molecular weight is 495 g/mol. The number of anilines is 3. The maximum Gasteiger partial charge on any atom is 0.323 e. The highest BCUT2D eigenvalue weighted by Gasteiger charge is 2.19. The van der Waals surface area contributed by atoms with Crippen LogP contribution in [0.1, 0.15) is 5.56 Å². The number of carbonyl (C=O) groups is 1. The average Bonchev–Trinajstić information content (AvgIpc) is 2.72. The molecule has 0 aliphatic heterocycles. The quantitative estimate of drug-likeness (QED) is 0.300. The fraction of sp³-hybridized carbons (Fsp3) is 0.0500. The molecule has 32 heavy (non-hydrogen) atoms. The smallest absolute Gasteiger partial charge is 0.308 e. The number of benzene rings is 3. The molecule has 0 saturated heterocycles. The zero-order chi connectivity index (χ0) is 23.5. The minimum atomic E-state index is -3.95. The van der Waals surface area contributed by atoms with Crippen molar-refractivity contribution in [3.8, 4) is 0 Å². The monoisotopic (exact) mass is 494 g/mol. The summed E-state index contributed by atoms with van der Waals surface area (Å²) in [5, 5.41) is 16.3. The molecule has 0 aromatic heterocycles. The van der Waals surface area contributed by atoms with E-state index in [9.17, 15) is 23.3 Å². The molecule has 0 spiro atoms. The molecule has 0 fully saturated rings. The van der Waals surface area contributed by atoms with Crippen LogP contribution in [0.5, 0.6) is 0 Å². The zero-order valence-corrected chi connectivity index (χ0v) is 18.8. The number of nitrogens with one attached hydrogen (secondary N) is 3. The number of hydrogen-bond donors (Lipinski definition) is 3. The Hall–Kier alpha value is -3.34. The van der Waals surface area contributed by atoms with Crippen molar-refractivity contribution in [3.05, 3.63) is 86.4 Å². The molecule has 2 amide bonds. The lowest BCUT2D eigenvalue weighted by Crippen LogP contribution is -2.20. The van der Waals surface area contributed by atoms with Crippen molar-refractivity contribution in [3.63, 3.8) is 0 Å². The van der Waals surface area contributed by atoms with Gasteiger partial charge in [-0.15, -0.1) is 0 Å². The molecule has 12 heteroatoms. The van der Waals surface area contributed by atoms with Gasteiger partial charge >= 0.3 is 6.03 Å². The van der Waals surface area contributed by atoms with Crippen LogP contribution in [0.2, 0.25) is 10.0 Å². The lowest BCUT2D eigenvalue weighted by atomic mass is 10.2. The van der Waals surface area contributed by atoms with E-state index >= 15 is 0 Å². The van der Waals surface area contributed by atoms with Crippen molar-refractivity contribution in [2.24, 2.45) is 0 Å². The highest BCUT2D eigenvalue weighted by molar-refractivity contribution is 7.92. The Labute approximate surface area is 193 Å². The largest absolute Gasteiger partial charge is 0.323 e. The first-order valence-corrected chi connectivity index (χ1v) is 11.2. The summed E-state index contributed by atoms with van der Waals surface area (Å²) in [4.78, 5) is 22.6. The van der Waals surface area contributed by atoms with Crippen molar-refractivity contribution in [1.82, 2.24) is 0 Å². The number of halogens is 2. The van der Waals surface area contributed by atoms with Gasteiger partial charge in [0.15, 0.2) is 0 Å². The SMILES string of the molecule is Cc1ccc(NC(=O)Nc2ccc(Cl)c([N+](=O)[O-])c2)cc1S(=O)(=O)Nc1ccc(Cl)cc1. The third kappa shape index (κ3) is 5.67. The maximum absolute atomic E-state index is 12.8. The Morgan fingerprint density at radius 1 is 0.906 bits per heavy atom. The molecule has 3 aromatic rings. The van der Waals surface area contributed by atoms with E-state index < -0.39 is 21.0 Å². The fourth-order valence-electron chi connectivity index (χ4n) is 2.72. The van der Waals surface area contributed by atoms with Crippen LogP contribution in [0.3, 0.4) is 0 Å². The molecule has 9 nitrogen and oxygen atoms in total. The van der Waals surface area contributed by atoms with Crippen LogP contribution < -0.4 is 15.4 Å². The van der Waals surface area contributed by atoms with Crippen molar-refractivity contribution in [2.75, 3.05) is 15.4 Å². The summed E-state index contributed by atoms with van der Waals surface area (Å²) < 4.78 is 28.1. The highest BCUT2D eigenvalue weighted by Crippen LogP contribution is 2.28. The second-order valence-electron chi connectivity index (χ2n) is 6.60. The minimum Gasteiger partial charge on any atom is -0.308 e. The number of nitro benzene ring substituents is 1. The topological polar surface area (TPSA) is 130 Å². The van der Waals surface area contributed by atoms with E-state index in [1.807, 2.05) is 0 Å². The molecule has 0 aliphatic carbocycles. The van der Waals surface area contributed by atoms with Crippen molar-refractivity contribution >= 4 is 62.0 Å². The van der Waals surface area contributed by atoms with Gasteiger partial charge in [0, 0.05) is 28.2 Å². The standard InChI is InChI=1S/C20H16Cl2N4O5S/c1-12-2-5-16(11-19(12)32(30,31)25-14-6-3-13(21)4-7-14)24-20(27)23-15-8-9-17(22)18(10-15)26(28)29/h2-11,25H,1H3,(H2,23,24,27). The van der Waals surface area contributed by atoms with E-state index in [-0.39, 0.29) is 27.0 Å². The summed E-state index contributed by atoms with van der Waals surface area (Å²) in [5.74, 6) is 0. The predicted molar refractivity (Wildman–Crippen MR) is 124 cm³/mol. The number of carbonyl (C=O) groups excluding carboxylic acids is 1. The van der Waals surface area contributed by atoms with Crippen molar-refractivity contribution in [1.29, 1.82) is 0 Å². The molecular weight excluding hydrogens is 479 g/mol. The van der Waals surface area contributed by atoms with Crippen LogP contribution in [-0.4, -0.2) is 19.4 Å². The number of aryl methyl sites for hydroxylation is 1. The Morgan fingerprint density at radius 2 is 1.47 bits per heavy atom. The lowest BCUT2D eigenvalue weighted by Gasteiger charge is -2.13. The molecule has 0 saturated carbocycles. The van der Waals surface area contributed by atoms with Gasteiger partial charge in [-0.25, -0.2) is 13.2 Å². The summed E-state index contributed by atoms with van der Waals surface area (Å²) in [6.07, 6.45) is 0. The van der Waals surface area contributed by atoms with Gasteiger partial charge < -0.3 is 10.6 Å². The summed E-state index contributed by atoms with van der Waals surface area (Å²) in [6, 6.07) is 13.6. The summed E-state index contributed by atoms with van der Waals surface area (Å²) in [6.45, 7) is 1.62. The number of amides is 2. The Balaban J connectivity index is 1.78. The first kappa shape index (κ1) is 23.3. The van der Waals surface area contributed by atoms with Crippen molar-refractivity contribution in [2.45, 2.75) is 11.8 Å². The maximum atomic E-state index is 12.8. The molecule has 0 atom stereocenters. The van der Waals surface area contributed by atoms with Crippen LogP contribution in [0.25, 0.3) is 0 Å². The van der Waals surface area contributed by atoms with E-state index in [0.717, 1.165) is 6.07 Å². The van der Waals surface area contributed by atoms with Crippen LogP contribution in [0, 0.1) is 17.0 Å². The minimum absolute atomic E-state index is 0.0348. The molecule has 3 N–H and O–H groups in total. The molecule has 3 rings (SSSR count). The second kappa shape index (κ2) is 9.43. The van der Waals surface area contributed by atoms with E-state index in [2.05, 4.69) is 15.4 Å². The lowest BCUT2D eigenvalue weighted by molar-refractivity contribution is -0.384. The Bertz CT molecular complexity index is 1300. The third-order valence-electron chi connectivity index (χ3n) is 4.23. The Morgan fingerprint density at radius 3 is 2.09 bits per heavy atom. The Kier molecular flexibility index (Phi) is 6.87. The van der Waals surface area contributed by atoms with Gasteiger partial charge in [-0.3, -0.25) is 14.8 Å². The molecule has 0 heterocycles. The second-order valence-corrected chi connectivity index (χ2v) is 9.09. The molecule has 166 valence electrons. The number of hydrogen-bond acceptors (Lipinski definition) is 5. The van der Waals surface area contributed by atoms with Gasteiger partial charge in [-0.05, 0) is 61.0 Å². The van der Waals surface area contributed by atoms with Crippen LogP contribution in [0.15, 0.2) is 65.6 Å². The summed E-state index contributed by atoms with van der Waals surface area (Å²) in [7, 11) is -3.95. The van der Waals surface area contributed by atoms with Crippen LogP contribution in [0.4, 0.5) is 27.5 Å². The predicted octanol–water partition coefficient (Wildman–Crippen LogP) is 5.65. The molecule has 0 unspecified atom stereocenters. The van der Waals surface area contributed by atoms with Crippen LogP contribution in [-0.2, 0) is 10.0 Å². The first-order valence-electron chi connectivity index (χ1n) is 8.96.